The van der Waals surface area contributed by atoms with Crippen molar-refractivity contribution in [3.8, 4) is 17.2 Å². The fourth-order valence-electron chi connectivity index (χ4n) is 1.32. The minimum atomic E-state index is -0.0935. The van der Waals surface area contributed by atoms with E-state index >= 15 is 0 Å². The summed E-state index contributed by atoms with van der Waals surface area (Å²) in [7, 11) is 4.54. The lowest BCUT2D eigenvalue weighted by atomic mass is 10.1. The van der Waals surface area contributed by atoms with Gasteiger partial charge in [-0.05, 0) is 13.0 Å². The van der Waals surface area contributed by atoms with Gasteiger partial charge < -0.3 is 14.2 Å². The molecule has 0 aliphatic heterocycles. The average Bonchev–Trinajstić information content (AvgIpc) is 2.26. The Labute approximate surface area is 88.8 Å². The van der Waals surface area contributed by atoms with Crippen molar-refractivity contribution in [3.05, 3.63) is 17.7 Å². The van der Waals surface area contributed by atoms with Crippen LogP contribution in [0.3, 0.4) is 0 Å². The normalized spacial score (nSPS) is 9.60. The molecule has 4 nitrogen and oxygen atoms in total. The first-order valence-corrected chi connectivity index (χ1v) is 4.45. The lowest BCUT2D eigenvalue weighted by molar-refractivity contribution is 0.101. The Hall–Kier alpha value is -1.71. The van der Waals surface area contributed by atoms with Crippen molar-refractivity contribution in [2.45, 2.75) is 6.92 Å². The second-order valence-electron chi connectivity index (χ2n) is 2.97. The number of rotatable bonds is 4. The van der Waals surface area contributed by atoms with Gasteiger partial charge in [0.25, 0.3) is 0 Å². The maximum atomic E-state index is 11.4. The van der Waals surface area contributed by atoms with Gasteiger partial charge in [0.1, 0.15) is 5.75 Å². The molecule has 1 aromatic carbocycles. The van der Waals surface area contributed by atoms with Crippen molar-refractivity contribution in [1.82, 2.24) is 0 Å². The van der Waals surface area contributed by atoms with Crippen molar-refractivity contribution < 1.29 is 19.0 Å². The molecule has 0 radical (unpaired) electrons. The van der Waals surface area contributed by atoms with Gasteiger partial charge in [-0.25, -0.2) is 0 Å². The quantitative estimate of drug-likeness (QED) is 0.712. The van der Waals surface area contributed by atoms with Crippen LogP contribution in [0.15, 0.2) is 12.1 Å². The van der Waals surface area contributed by atoms with Crippen LogP contribution in [0.25, 0.3) is 0 Å². The van der Waals surface area contributed by atoms with Crippen LogP contribution in [0, 0.1) is 0 Å². The summed E-state index contributed by atoms with van der Waals surface area (Å²) in [4.78, 5) is 11.4. The highest BCUT2D eigenvalue weighted by molar-refractivity contribution is 5.98. The first-order valence-electron chi connectivity index (χ1n) is 4.45. The van der Waals surface area contributed by atoms with Crippen LogP contribution in [0.2, 0.25) is 0 Å². The Morgan fingerprint density at radius 3 is 2.13 bits per heavy atom. The summed E-state index contributed by atoms with van der Waals surface area (Å²) < 4.78 is 15.3. The van der Waals surface area contributed by atoms with E-state index in [4.69, 9.17) is 14.2 Å². The highest BCUT2D eigenvalue weighted by Crippen LogP contribution is 2.35. The van der Waals surface area contributed by atoms with E-state index in [1.54, 1.807) is 12.1 Å². The van der Waals surface area contributed by atoms with Gasteiger partial charge in [0.2, 0.25) is 0 Å². The largest absolute Gasteiger partial charge is 0.497 e. The molecule has 0 saturated heterocycles. The lowest BCUT2D eigenvalue weighted by Gasteiger charge is -2.12. The molecule has 0 aliphatic rings. The number of hydrogen-bond acceptors (Lipinski definition) is 4. The van der Waals surface area contributed by atoms with Crippen molar-refractivity contribution in [3.63, 3.8) is 0 Å². The maximum absolute atomic E-state index is 11.4. The summed E-state index contributed by atoms with van der Waals surface area (Å²) in [5.41, 5.74) is 0.453. The minimum Gasteiger partial charge on any atom is -0.497 e. The molecular formula is C11H14O4. The Bertz CT molecular complexity index is 371. The van der Waals surface area contributed by atoms with E-state index in [1.165, 1.54) is 28.3 Å². The molecule has 0 atom stereocenters. The number of Topliss-reactive ketones (excluding diaryl/α,β-unsaturated/α-hetero) is 1. The molecule has 0 unspecified atom stereocenters. The van der Waals surface area contributed by atoms with E-state index in [9.17, 15) is 4.79 Å². The van der Waals surface area contributed by atoms with Crippen LogP contribution in [0.1, 0.15) is 17.3 Å². The number of carbonyl (C=O) groups is 1. The summed E-state index contributed by atoms with van der Waals surface area (Å²) in [6, 6.07) is 3.30. The number of ketones is 1. The molecule has 82 valence electrons. The highest BCUT2D eigenvalue weighted by Gasteiger charge is 2.15. The fourth-order valence-corrected chi connectivity index (χ4v) is 1.32. The predicted molar refractivity (Wildman–Crippen MR) is 56.1 cm³/mol. The SMILES string of the molecule is COc1cc(OC)c(OC)c(C(C)=O)c1. The van der Waals surface area contributed by atoms with Crippen LogP contribution < -0.4 is 14.2 Å². The van der Waals surface area contributed by atoms with E-state index in [2.05, 4.69) is 0 Å². The van der Waals surface area contributed by atoms with Crippen LogP contribution in [-0.2, 0) is 0 Å². The van der Waals surface area contributed by atoms with Crippen molar-refractivity contribution in [2.24, 2.45) is 0 Å². The number of carbonyl (C=O) groups excluding carboxylic acids is 1. The van der Waals surface area contributed by atoms with Gasteiger partial charge in [-0.15, -0.1) is 0 Å². The molecule has 0 N–H and O–H groups in total. The zero-order valence-corrected chi connectivity index (χ0v) is 9.29. The summed E-state index contributed by atoms with van der Waals surface area (Å²) >= 11 is 0. The molecule has 0 spiro atoms. The van der Waals surface area contributed by atoms with E-state index in [1.807, 2.05) is 0 Å². The summed E-state index contributed by atoms with van der Waals surface area (Å²) in [5, 5.41) is 0. The smallest absolute Gasteiger partial charge is 0.171 e. The van der Waals surface area contributed by atoms with Gasteiger partial charge in [0.05, 0.1) is 26.9 Å². The van der Waals surface area contributed by atoms with Gasteiger partial charge in [-0.2, -0.15) is 0 Å². The molecule has 1 rings (SSSR count). The number of ether oxygens (including phenoxy) is 3. The second-order valence-corrected chi connectivity index (χ2v) is 2.97. The molecule has 4 heteroatoms. The van der Waals surface area contributed by atoms with Crippen molar-refractivity contribution in [1.29, 1.82) is 0 Å². The summed E-state index contributed by atoms with van der Waals surface area (Å²) in [6.07, 6.45) is 0. The zero-order chi connectivity index (χ0) is 11.4. The van der Waals surface area contributed by atoms with Gasteiger partial charge in [-0.3, -0.25) is 4.79 Å². The monoisotopic (exact) mass is 210 g/mol. The molecule has 0 aromatic heterocycles. The van der Waals surface area contributed by atoms with E-state index in [-0.39, 0.29) is 5.78 Å². The van der Waals surface area contributed by atoms with E-state index in [0.29, 0.717) is 22.8 Å². The molecule has 0 bridgehead atoms. The Kier molecular flexibility index (Phi) is 3.55. The van der Waals surface area contributed by atoms with Gasteiger partial charge in [0.15, 0.2) is 17.3 Å². The number of benzene rings is 1. The van der Waals surface area contributed by atoms with Crippen LogP contribution in [0.5, 0.6) is 17.2 Å². The molecule has 0 heterocycles. The Morgan fingerprint density at radius 2 is 1.73 bits per heavy atom. The van der Waals surface area contributed by atoms with Crippen molar-refractivity contribution >= 4 is 5.78 Å². The third-order valence-corrected chi connectivity index (χ3v) is 2.07. The fraction of sp³-hybridized carbons (Fsp3) is 0.364. The molecule has 0 fully saturated rings. The van der Waals surface area contributed by atoms with Gasteiger partial charge >= 0.3 is 0 Å². The van der Waals surface area contributed by atoms with Gasteiger partial charge in [-0.1, -0.05) is 0 Å². The first kappa shape index (κ1) is 11.4. The Balaban J connectivity index is 3.39. The van der Waals surface area contributed by atoms with Crippen LogP contribution in [-0.4, -0.2) is 27.1 Å². The molecule has 0 aliphatic carbocycles. The molecular weight excluding hydrogens is 196 g/mol. The Morgan fingerprint density at radius 1 is 1.07 bits per heavy atom. The van der Waals surface area contributed by atoms with Crippen LogP contribution >= 0.6 is 0 Å². The topological polar surface area (TPSA) is 44.8 Å². The predicted octanol–water partition coefficient (Wildman–Crippen LogP) is 1.91. The number of hydrogen-bond donors (Lipinski definition) is 0. The van der Waals surface area contributed by atoms with Crippen molar-refractivity contribution in [2.75, 3.05) is 21.3 Å². The molecule has 0 amide bonds. The second kappa shape index (κ2) is 4.68. The third kappa shape index (κ3) is 2.21. The minimum absolute atomic E-state index is 0.0935. The standard InChI is InChI=1S/C11H14O4/c1-7(12)9-5-8(13-2)6-10(14-3)11(9)15-4/h5-6H,1-4H3. The third-order valence-electron chi connectivity index (χ3n) is 2.07. The lowest BCUT2D eigenvalue weighted by Crippen LogP contribution is -2.01. The highest BCUT2D eigenvalue weighted by atomic mass is 16.5. The maximum Gasteiger partial charge on any atom is 0.171 e. The molecule has 1 aromatic rings. The molecule has 0 saturated carbocycles. The summed E-state index contributed by atoms with van der Waals surface area (Å²) in [5.74, 6) is 1.40. The zero-order valence-electron chi connectivity index (χ0n) is 9.29. The van der Waals surface area contributed by atoms with E-state index in [0.717, 1.165) is 0 Å². The van der Waals surface area contributed by atoms with Crippen LogP contribution in [0.4, 0.5) is 0 Å². The molecule has 15 heavy (non-hydrogen) atoms. The average molecular weight is 210 g/mol. The summed E-state index contributed by atoms with van der Waals surface area (Å²) in [6.45, 7) is 1.47. The van der Waals surface area contributed by atoms with E-state index < -0.39 is 0 Å². The van der Waals surface area contributed by atoms with Gasteiger partial charge in [0, 0.05) is 6.07 Å². The first-order chi connectivity index (χ1) is 7.13. The number of methoxy groups -OCH3 is 3.